The number of hydrogen-bond acceptors (Lipinski definition) is 6. The zero-order valence-corrected chi connectivity index (χ0v) is 25.5. The zero-order chi connectivity index (χ0) is 31.0. The van der Waals surface area contributed by atoms with Crippen LogP contribution >= 0.6 is 34.8 Å². The molecule has 0 radical (unpaired) electrons. The minimum absolute atomic E-state index is 0.0275. The van der Waals surface area contributed by atoms with Crippen LogP contribution in [0.2, 0.25) is 15.1 Å². The third-order valence-electron chi connectivity index (χ3n) is 9.45. The molecule has 8 nitrogen and oxygen atoms in total. The minimum Gasteiger partial charge on any atom is -0.503 e. The molecule has 4 amide bonds. The Morgan fingerprint density at radius 2 is 1.27 bits per heavy atom. The van der Waals surface area contributed by atoms with Gasteiger partial charge in [0.05, 0.1) is 47.2 Å². The predicted molar refractivity (Wildman–Crippen MR) is 165 cm³/mol. The lowest BCUT2D eigenvalue weighted by molar-refractivity contribution is -0.126. The van der Waals surface area contributed by atoms with Crippen molar-refractivity contribution in [2.24, 2.45) is 29.6 Å². The molecule has 3 fully saturated rings. The van der Waals surface area contributed by atoms with Gasteiger partial charge in [-0.15, -0.1) is 0 Å². The van der Waals surface area contributed by atoms with Crippen LogP contribution in [0.5, 0.6) is 11.5 Å². The number of benzene rings is 3. The van der Waals surface area contributed by atoms with Crippen LogP contribution in [-0.2, 0) is 19.2 Å². The number of rotatable bonds is 4. The number of carbonyl (C=O) groups is 4. The van der Waals surface area contributed by atoms with E-state index >= 15 is 0 Å². The number of aromatic hydroxyl groups is 1. The summed E-state index contributed by atoms with van der Waals surface area (Å²) in [6.07, 6.45) is 2.46. The van der Waals surface area contributed by atoms with Crippen LogP contribution in [0.4, 0.5) is 11.4 Å². The molecule has 0 spiro atoms. The molecule has 4 aliphatic rings. The fourth-order valence-corrected chi connectivity index (χ4v) is 8.05. The summed E-state index contributed by atoms with van der Waals surface area (Å²) < 4.78 is 5.38. The number of imide groups is 2. The molecule has 3 aromatic rings. The number of anilines is 2. The van der Waals surface area contributed by atoms with Crippen LogP contribution in [-0.4, -0.2) is 35.8 Å². The van der Waals surface area contributed by atoms with Crippen molar-refractivity contribution in [1.82, 2.24) is 0 Å². The number of carbonyl (C=O) groups excluding carboxylic acids is 4. The van der Waals surface area contributed by atoms with E-state index in [4.69, 9.17) is 39.5 Å². The number of phenols is 1. The summed E-state index contributed by atoms with van der Waals surface area (Å²) >= 11 is 18.6. The van der Waals surface area contributed by atoms with Gasteiger partial charge in [0.1, 0.15) is 0 Å². The van der Waals surface area contributed by atoms with Crippen LogP contribution in [0.3, 0.4) is 0 Å². The van der Waals surface area contributed by atoms with Gasteiger partial charge < -0.3 is 9.84 Å². The molecule has 0 aromatic heterocycles. The first-order valence-electron chi connectivity index (χ1n) is 14.1. The maximum atomic E-state index is 14.2. The van der Waals surface area contributed by atoms with Gasteiger partial charge in [-0.05, 0) is 85.0 Å². The summed E-state index contributed by atoms with van der Waals surface area (Å²) in [6.45, 7) is 0. The lowest BCUT2D eigenvalue weighted by Crippen LogP contribution is -2.43. The number of allylic oxidation sites excluding steroid dienone is 2. The number of ether oxygens (including phenoxy) is 1. The van der Waals surface area contributed by atoms with Crippen LogP contribution in [0.1, 0.15) is 24.3 Å². The van der Waals surface area contributed by atoms with E-state index < -0.39 is 35.5 Å². The third-order valence-corrected chi connectivity index (χ3v) is 10.2. The molecule has 1 N–H and O–H groups in total. The van der Waals surface area contributed by atoms with Gasteiger partial charge in [-0.25, -0.2) is 0 Å². The molecule has 2 saturated heterocycles. The SMILES string of the molecule is COc1cc(C2C3=CCC4C(=O)N(c5ccc(Cl)cc5)C(=O)C4C3CC3C(=O)N(c4ccc(Cl)cc4)C(=O)C32)cc(Cl)c1O. The number of nitrogens with zero attached hydrogens (tertiary/aromatic N) is 2. The summed E-state index contributed by atoms with van der Waals surface area (Å²) in [4.78, 5) is 58.4. The van der Waals surface area contributed by atoms with Crippen molar-refractivity contribution in [2.45, 2.75) is 18.8 Å². The first kappa shape index (κ1) is 28.9. The largest absolute Gasteiger partial charge is 0.503 e. The second-order valence-electron chi connectivity index (χ2n) is 11.6. The Morgan fingerprint density at radius 1 is 0.727 bits per heavy atom. The van der Waals surface area contributed by atoms with Gasteiger partial charge in [0, 0.05) is 16.0 Å². The van der Waals surface area contributed by atoms with Gasteiger partial charge in [-0.2, -0.15) is 0 Å². The standard InChI is InChI=1S/C33H25Cl3N2O6/c1-44-25-13-15(12-24(36)29(25)39)26-20-10-11-21-27(32(42)37(30(21)40)18-6-2-16(34)3-7-18)22(20)14-23-28(26)33(43)38(31(23)41)19-8-4-17(35)5-9-19/h2-10,12-13,21-23,26-28,39H,11,14H2,1H3. The molecule has 3 aromatic carbocycles. The van der Waals surface area contributed by atoms with Crippen molar-refractivity contribution < 1.29 is 29.0 Å². The third kappa shape index (κ3) is 4.26. The van der Waals surface area contributed by atoms with Crippen LogP contribution in [0, 0.1) is 29.6 Å². The van der Waals surface area contributed by atoms with E-state index in [9.17, 15) is 24.3 Å². The molecule has 2 aliphatic heterocycles. The number of amides is 4. The van der Waals surface area contributed by atoms with Gasteiger partial charge >= 0.3 is 0 Å². The molecule has 6 atom stereocenters. The summed E-state index contributed by atoms with van der Waals surface area (Å²) in [5, 5.41) is 11.5. The number of phenolic OH excluding ortho intramolecular Hbond substituents is 1. The summed E-state index contributed by atoms with van der Waals surface area (Å²) in [5.41, 5.74) is 2.20. The summed E-state index contributed by atoms with van der Waals surface area (Å²) in [5.74, 6) is -5.58. The Balaban J connectivity index is 1.35. The average Bonchev–Trinajstić information content (AvgIpc) is 3.42. The highest BCUT2D eigenvalue weighted by atomic mass is 35.5. The normalized spacial score (nSPS) is 27.7. The van der Waals surface area contributed by atoms with E-state index in [1.54, 1.807) is 60.7 Å². The smallest absolute Gasteiger partial charge is 0.238 e. The van der Waals surface area contributed by atoms with Gasteiger partial charge in [-0.3, -0.25) is 29.0 Å². The van der Waals surface area contributed by atoms with Crippen molar-refractivity contribution in [3.8, 4) is 11.5 Å². The molecular formula is C33H25Cl3N2O6. The maximum absolute atomic E-state index is 14.2. The molecular weight excluding hydrogens is 627 g/mol. The van der Waals surface area contributed by atoms with E-state index in [1.807, 2.05) is 6.08 Å². The van der Waals surface area contributed by atoms with Crippen molar-refractivity contribution in [3.05, 3.63) is 92.9 Å². The van der Waals surface area contributed by atoms with E-state index in [0.29, 0.717) is 33.4 Å². The second kappa shape index (κ2) is 10.6. The van der Waals surface area contributed by atoms with Crippen molar-refractivity contribution in [3.63, 3.8) is 0 Å². The Kier molecular flexibility index (Phi) is 6.99. The highest BCUT2D eigenvalue weighted by Gasteiger charge is 2.62. The summed E-state index contributed by atoms with van der Waals surface area (Å²) in [7, 11) is 1.40. The Labute approximate surface area is 267 Å². The predicted octanol–water partition coefficient (Wildman–Crippen LogP) is 6.41. The van der Waals surface area contributed by atoms with E-state index in [2.05, 4.69) is 0 Å². The lowest BCUT2D eigenvalue weighted by atomic mass is 9.57. The number of fused-ring (bicyclic) bond motifs is 4. The van der Waals surface area contributed by atoms with Gasteiger partial charge in [0.25, 0.3) is 0 Å². The number of halogens is 3. The Hall–Kier alpha value is -3.85. The zero-order valence-electron chi connectivity index (χ0n) is 23.2. The monoisotopic (exact) mass is 650 g/mol. The molecule has 6 unspecified atom stereocenters. The van der Waals surface area contributed by atoms with Crippen LogP contribution < -0.4 is 14.5 Å². The number of methoxy groups -OCH3 is 1. The van der Waals surface area contributed by atoms with E-state index in [0.717, 1.165) is 5.57 Å². The fourth-order valence-electron chi connectivity index (χ4n) is 7.58. The first-order chi connectivity index (χ1) is 21.1. The van der Waals surface area contributed by atoms with Gasteiger partial charge in [0.15, 0.2) is 11.5 Å². The molecule has 2 heterocycles. The van der Waals surface area contributed by atoms with Crippen molar-refractivity contribution in [2.75, 3.05) is 16.9 Å². The molecule has 44 heavy (non-hydrogen) atoms. The lowest BCUT2D eigenvalue weighted by Gasteiger charge is -2.44. The molecule has 0 bridgehead atoms. The van der Waals surface area contributed by atoms with Crippen molar-refractivity contribution in [1.29, 1.82) is 0 Å². The van der Waals surface area contributed by atoms with E-state index in [1.165, 1.54) is 16.9 Å². The topological polar surface area (TPSA) is 104 Å². The van der Waals surface area contributed by atoms with Crippen molar-refractivity contribution >= 4 is 69.8 Å². The minimum atomic E-state index is -0.804. The summed E-state index contributed by atoms with van der Waals surface area (Å²) in [6, 6.07) is 16.2. The number of hydrogen-bond donors (Lipinski definition) is 1. The van der Waals surface area contributed by atoms with Gasteiger partial charge in [-0.1, -0.05) is 46.5 Å². The maximum Gasteiger partial charge on any atom is 0.238 e. The molecule has 2 aliphatic carbocycles. The molecule has 224 valence electrons. The Morgan fingerprint density at radius 3 is 1.84 bits per heavy atom. The highest BCUT2D eigenvalue weighted by molar-refractivity contribution is 6.32. The Bertz CT molecular complexity index is 1770. The van der Waals surface area contributed by atoms with Gasteiger partial charge in [0.2, 0.25) is 23.6 Å². The molecule has 7 rings (SSSR count). The van der Waals surface area contributed by atoms with Crippen LogP contribution in [0.15, 0.2) is 72.3 Å². The highest BCUT2D eigenvalue weighted by Crippen LogP contribution is 2.59. The fraction of sp³-hybridized carbons (Fsp3) is 0.273. The average molecular weight is 652 g/mol. The first-order valence-corrected chi connectivity index (χ1v) is 15.3. The van der Waals surface area contributed by atoms with E-state index in [-0.39, 0.29) is 46.6 Å². The van der Waals surface area contributed by atoms with Crippen LogP contribution in [0.25, 0.3) is 0 Å². The molecule has 1 saturated carbocycles. The molecule has 11 heteroatoms. The quantitative estimate of drug-likeness (QED) is 0.259. The second-order valence-corrected chi connectivity index (χ2v) is 12.8.